The predicted molar refractivity (Wildman–Crippen MR) is 94.0 cm³/mol. The fourth-order valence-electron chi connectivity index (χ4n) is 2.51. The highest BCUT2D eigenvalue weighted by atomic mass is 35.5. The zero-order valence-electron chi connectivity index (χ0n) is 12.3. The fourth-order valence-corrected chi connectivity index (χ4v) is 3.07. The molecular weight excluding hydrogens is 373 g/mol. The van der Waals surface area contributed by atoms with Crippen LogP contribution in [-0.2, 0) is 9.59 Å². The maximum atomic E-state index is 12.3. The van der Waals surface area contributed by atoms with Crippen molar-refractivity contribution < 1.29 is 14.3 Å². The van der Waals surface area contributed by atoms with Crippen LogP contribution in [0.2, 0.25) is 15.1 Å². The first kappa shape index (κ1) is 17.1. The number of nitrogens with zero attached hydrogens (tertiary/aromatic N) is 1. The van der Waals surface area contributed by atoms with Gasteiger partial charge in [0.05, 0.1) is 21.7 Å². The summed E-state index contributed by atoms with van der Waals surface area (Å²) in [4.78, 5) is 26.0. The molecule has 1 saturated heterocycles. The second-order valence-corrected chi connectivity index (χ2v) is 6.60. The average Bonchev–Trinajstić information content (AvgIpc) is 2.94. The normalized spacial score (nSPS) is 17.2. The first-order valence-electron chi connectivity index (χ1n) is 7.17. The molecule has 1 aliphatic heterocycles. The molecule has 0 radical (unpaired) electrons. The summed E-state index contributed by atoms with van der Waals surface area (Å²) in [5.74, 6) is -1.03. The molecular formula is C17H12Cl3NO3. The van der Waals surface area contributed by atoms with E-state index in [0.717, 1.165) is 0 Å². The zero-order chi connectivity index (χ0) is 17.3. The summed E-state index contributed by atoms with van der Waals surface area (Å²) in [6, 6.07) is 11.5. The Morgan fingerprint density at radius 3 is 2.58 bits per heavy atom. The van der Waals surface area contributed by atoms with E-state index in [0.29, 0.717) is 20.8 Å². The van der Waals surface area contributed by atoms with Gasteiger partial charge in [-0.1, -0.05) is 46.9 Å². The van der Waals surface area contributed by atoms with Crippen LogP contribution >= 0.6 is 34.8 Å². The molecule has 3 rings (SSSR count). The second kappa shape index (κ2) is 7.01. The Labute approximate surface area is 153 Å². The minimum absolute atomic E-state index is 0.0477. The van der Waals surface area contributed by atoms with Crippen molar-refractivity contribution in [1.29, 1.82) is 0 Å². The number of ether oxygens (including phenoxy) is 1. The van der Waals surface area contributed by atoms with Crippen molar-refractivity contribution in [2.24, 2.45) is 5.92 Å². The van der Waals surface area contributed by atoms with Gasteiger partial charge in [-0.15, -0.1) is 0 Å². The van der Waals surface area contributed by atoms with Gasteiger partial charge in [0.1, 0.15) is 5.75 Å². The van der Waals surface area contributed by atoms with Crippen LogP contribution < -0.4 is 9.64 Å². The number of hydrogen-bond acceptors (Lipinski definition) is 3. The Kier molecular flexibility index (Phi) is 4.99. The average molecular weight is 385 g/mol. The molecule has 0 spiro atoms. The van der Waals surface area contributed by atoms with Crippen LogP contribution in [0, 0.1) is 5.92 Å². The summed E-state index contributed by atoms with van der Waals surface area (Å²) < 4.78 is 5.31. The molecule has 7 heteroatoms. The molecule has 1 amide bonds. The monoisotopic (exact) mass is 383 g/mol. The number of para-hydroxylation sites is 1. The van der Waals surface area contributed by atoms with Crippen molar-refractivity contribution in [2.75, 3.05) is 11.4 Å². The third kappa shape index (κ3) is 3.51. The highest BCUT2D eigenvalue weighted by Crippen LogP contribution is 2.34. The number of hydrogen-bond donors (Lipinski definition) is 0. The summed E-state index contributed by atoms with van der Waals surface area (Å²) >= 11 is 18.1. The van der Waals surface area contributed by atoms with E-state index in [2.05, 4.69) is 0 Å². The Morgan fingerprint density at radius 2 is 1.83 bits per heavy atom. The van der Waals surface area contributed by atoms with Crippen LogP contribution in [0.1, 0.15) is 6.42 Å². The molecule has 0 aliphatic carbocycles. The first-order valence-corrected chi connectivity index (χ1v) is 8.30. The molecule has 0 bridgehead atoms. The van der Waals surface area contributed by atoms with Gasteiger partial charge in [0.15, 0.2) is 0 Å². The largest absolute Gasteiger partial charge is 0.425 e. The number of carbonyl (C=O) groups excluding carboxylic acids is 2. The smallest absolute Gasteiger partial charge is 0.316 e. The lowest BCUT2D eigenvalue weighted by atomic mass is 10.1. The number of benzene rings is 2. The van der Waals surface area contributed by atoms with Crippen LogP contribution in [0.15, 0.2) is 42.5 Å². The quantitative estimate of drug-likeness (QED) is 0.574. The van der Waals surface area contributed by atoms with Gasteiger partial charge in [-0.3, -0.25) is 9.59 Å². The molecule has 2 aromatic rings. The number of anilines is 1. The summed E-state index contributed by atoms with van der Waals surface area (Å²) in [5, 5.41) is 1.20. The van der Waals surface area contributed by atoms with Crippen molar-refractivity contribution in [2.45, 2.75) is 6.42 Å². The number of rotatable bonds is 3. The van der Waals surface area contributed by atoms with Gasteiger partial charge < -0.3 is 9.64 Å². The van der Waals surface area contributed by atoms with Crippen LogP contribution in [0.3, 0.4) is 0 Å². The van der Waals surface area contributed by atoms with Gasteiger partial charge in [-0.2, -0.15) is 0 Å². The van der Waals surface area contributed by atoms with Crippen molar-refractivity contribution in [3.63, 3.8) is 0 Å². The van der Waals surface area contributed by atoms with Gasteiger partial charge in [0, 0.05) is 18.0 Å². The van der Waals surface area contributed by atoms with Crippen LogP contribution in [-0.4, -0.2) is 18.4 Å². The number of amides is 1. The molecule has 0 aromatic heterocycles. The molecule has 1 aliphatic rings. The molecule has 0 N–H and O–H groups in total. The molecule has 2 aromatic carbocycles. The van der Waals surface area contributed by atoms with E-state index in [9.17, 15) is 9.59 Å². The fraction of sp³-hybridized carbons (Fsp3) is 0.176. The summed E-state index contributed by atoms with van der Waals surface area (Å²) in [7, 11) is 0. The van der Waals surface area contributed by atoms with Gasteiger partial charge in [0.25, 0.3) is 0 Å². The molecule has 0 saturated carbocycles. The van der Waals surface area contributed by atoms with E-state index in [4.69, 9.17) is 39.5 Å². The standard InChI is InChI=1S/C17H12Cl3NO3/c18-11-5-6-12(19)14(8-11)21-9-10(7-16(21)22)17(23)24-15-4-2-1-3-13(15)20/h1-6,8,10H,7,9H2/t10-/m1/s1. The Bertz CT molecular complexity index is 809. The van der Waals surface area contributed by atoms with Crippen molar-refractivity contribution in [1.82, 2.24) is 0 Å². The van der Waals surface area contributed by atoms with Crippen molar-refractivity contribution in [3.8, 4) is 5.75 Å². The Balaban J connectivity index is 1.76. The van der Waals surface area contributed by atoms with E-state index < -0.39 is 11.9 Å². The van der Waals surface area contributed by atoms with E-state index >= 15 is 0 Å². The van der Waals surface area contributed by atoms with Crippen molar-refractivity contribution in [3.05, 3.63) is 57.5 Å². The molecule has 4 nitrogen and oxygen atoms in total. The minimum Gasteiger partial charge on any atom is -0.425 e. The summed E-state index contributed by atoms with van der Waals surface area (Å²) in [5.41, 5.74) is 0.488. The number of carbonyl (C=O) groups is 2. The van der Waals surface area contributed by atoms with Gasteiger partial charge in [-0.25, -0.2) is 0 Å². The molecule has 1 atom stereocenters. The minimum atomic E-state index is -0.594. The third-order valence-corrected chi connectivity index (χ3v) is 4.57. The Hall–Kier alpha value is -1.75. The highest BCUT2D eigenvalue weighted by molar-refractivity contribution is 6.36. The molecule has 0 unspecified atom stereocenters. The predicted octanol–water partition coefficient (Wildman–Crippen LogP) is 4.61. The van der Waals surface area contributed by atoms with Crippen molar-refractivity contribution >= 4 is 52.4 Å². The maximum Gasteiger partial charge on any atom is 0.316 e. The van der Waals surface area contributed by atoms with E-state index in [1.54, 1.807) is 42.5 Å². The number of halogens is 3. The lowest BCUT2D eigenvalue weighted by Gasteiger charge is -2.18. The first-order chi connectivity index (χ1) is 11.5. The Morgan fingerprint density at radius 1 is 1.08 bits per heavy atom. The number of esters is 1. The molecule has 1 fully saturated rings. The summed E-state index contributed by atoms with van der Waals surface area (Å²) in [6.07, 6.45) is 0.0477. The second-order valence-electron chi connectivity index (χ2n) is 5.35. The van der Waals surface area contributed by atoms with E-state index in [1.807, 2.05) is 0 Å². The van der Waals surface area contributed by atoms with E-state index in [1.165, 1.54) is 4.90 Å². The molecule has 1 heterocycles. The highest BCUT2D eigenvalue weighted by Gasteiger charge is 2.37. The van der Waals surface area contributed by atoms with Gasteiger partial charge >= 0.3 is 5.97 Å². The SMILES string of the molecule is O=C(Oc1ccccc1Cl)[C@@H]1CC(=O)N(c2cc(Cl)ccc2Cl)C1. The zero-order valence-corrected chi connectivity index (χ0v) is 14.6. The third-order valence-electron chi connectivity index (χ3n) is 3.70. The molecule has 124 valence electrons. The maximum absolute atomic E-state index is 12.3. The van der Waals surface area contributed by atoms with Gasteiger partial charge in [-0.05, 0) is 30.3 Å². The summed E-state index contributed by atoms with van der Waals surface area (Å²) in [6.45, 7) is 0.183. The lowest BCUT2D eigenvalue weighted by molar-refractivity contribution is -0.139. The molecule has 24 heavy (non-hydrogen) atoms. The van der Waals surface area contributed by atoms with Crippen LogP contribution in [0.5, 0.6) is 5.75 Å². The lowest BCUT2D eigenvalue weighted by Crippen LogP contribution is -2.27. The van der Waals surface area contributed by atoms with Gasteiger partial charge in [0.2, 0.25) is 5.91 Å². The van der Waals surface area contributed by atoms with Crippen LogP contribution in [0.4, 0.5) is 5.69 Å². The van der Waals surface area contributed by atoms with E-state index in [-0.39, 0.29) is 24.6 Å². The van der Waals surface area contributed by atoms with Crippen LogP contribution in [0.25, 0.3) is 0 Å². The topological polar surface area (TPSA) is 46.6 Å².